The number of carbonyl (C=O) groups is 1. The fourth-order valence-corrected chi connectivity index (χ4v) is 5.09. The Kier molecular flexibility index (Phi) is 5.71. The molecule has 9 heteroatoms. The average Bonchev–Trinajstić information content (AvgIpc) is 3.16. The number of anilines is 2. The summed E-state index contributed by atoms with van der Waals surface area (Å²) in [7, 11) is -4.00. The highest BCUT2D eigenvalue weighted by Gasteiger charge is 2.19. The second-order valence-electron chi connectivity index (χ2n) is 6.70. The lowest BCUT2D eigenvalue weighted by molar-refractivity contribution is 0.102. The number of nitrogens with one attached hydrogen (secondary N) is 2. The van der Waals surface area contributed by atoms with E-state index in [0.29, 0.717) is 5.13 Å². The molecule has 3 aromatic carbocycles. The van der Waals surface area contributed by atoms with Crippen LogP contribution in [0.25, 0.3) is 10.2 Å². The van der Waals surface area contributed by atoms with E-state index in [1.165, 1.54) is 23.5 Å². The average molecular weight is 456 g/mol. The molecule has 0 radical (unpaired) electrons. The summed E-state index contributed by atoms with van der Waals surface area (Å²) in [5.41, 5.74) is 2.18. The lowest BCUT2D eigenvalue weighted by atomic mass is 10.1. The molecule has 0 aliphatic heterocycles. The number of rotatable bonds is 6. The van der Waals surface area contributed by atoms with Gasteiger partial charge in [-0.3, -0.25) is 14.8 Å². The number of thiazole rings is 1. The number of sulfonamides is 1. The summed E-state index contributed by atoms with van der Waals surface area (Å²) in [6.07, 6.45) is 0.822. The third-order valence-corrected chi connectivity index (χ3v) is 6.96. The van der Waals surface area contributed by atoms with Gasteiger partial charge in [-0.1, -0.05) is 42.5 Å². The van der Waals surface area contributed by atoms with E-state index in [1.807, 2.05) is 25.1 Å². The highest BCUT2D eigenvalue weighted by Crippen LogP contribution is 2.29. The number of para-hydroxylation sites is 2. The van der Waals surface area contributed by atoms with E-state index in [-0.39, 0.29) is 16.1 Å². The van der Waals surface area contributed by atoms with Crippen molar-refractivity contribution in [1.82, 2.24) is 4.98 Å². The van der Waals surface area contributed by atoms with Crippen molar-refractivity contribution in [3.8, 4) is 0 Å². The Labute approximate surface area is 182 Å². The minimum absolute atomic E-state index is 0.109. The van der Waals surface area contributed by atoms with Crippen LogP contribution in [0.2, 0.25) is 0 Å². The van der Waals surface area contributed by atoms with E-state index in [9.17, 15) is 17.6 Å². The van der Waals surface area contributed by atoms with Crippen molar-refractivity contribution < 1.29 is 17.6 Å². The van der Waals surface area contributed by atoms with E-state index in [2.05, 4.69) is 15.0 Å². The van der Waals surface area contributed by atoms with Gasteiger partial charge in [-0.25, -0.2) is 17.8 Å². The van der Waals surface area contributed by atoms with Gasteiger partial charge in [0.25, 0.3) is 15.9 Å². The first-order chi connectivity index (χ1) is 14.9. The number of hydrogen-bond donors (Lipinski definition) is 2. The molecule has 1 heterocycles. The van der Waals surface area contributed by atoms with Gasteiger partial charge >= 0.3 is 0 Å². The summed E-state index contributed by atoms with van der Waals surface area (Å²) < 4.78 is 41.8. The lowest BCUT2D eigenvalue weighted by Crippen LogP contribution is -2.18. The van der Waals surface area contributed by atoms with Crippen molar-refractivity contribution >= 4 is 48.3 Å². The molecule has 1 amide bonds. The number of amides is 1. The van der Waals surface area contributed by atoms with Gasteiger partial charge in [0.05, 0.1) is 26.4 Å². The molecule has 0 aliphatic rings. The minimum Gasteiger partial charge on any atom is -0.298 e. The Morgan fingerprint density at radius 3 is 2.52 bits per heavy atom. The summed E-state index contributed by atoms with van der Waals surface area (Å²) >= 11 is 1.35. The number of aromatic nitrogens is 1. The van der Waals surface area contributed by atoms with Gasteiger partial charge in [0.2, 0.25) is 0 Å². The molecule has 0 aliphatic carbocycles. The molecule has 0 saturated heterocycles. The van der Waals surface area contributed by atoms with Crippen molar-refractivity contribution in [3.63, 3.8) is 0 Å². The molecule has 6 nitrogen and oxygen atoms in total. The highest BCUT2D eigenvalue weighted by molar-refractivity contribution is 7.92. The number of carbonyl (C=O) groups excluding carboxylic acids is 1. The van der Waals surface area contributed by atoms with E-state index < -0.39 is 21.7 Å². The largest absolute Gasteiger partial charge is 0.298 e. The molecule has 1 aromatic heterocycles. The molecule has 0 saturated carbocycles. The first kappa shape index (κ1) is 21.0. The third kappa shape index (κ3) is 4.42. The fourth-order valence-electron chi connectivity index (χ4n) is 3.10. The van der Waals surface area contributed by atoms with Crippen LogP contribution in [0.15, 0.2) is 71.6 Å². The third-order valence-electron chi connectivity index (χ3n) is 4.64. The van der Waals surface area contributed by atoms with Gasteiger partial charge in [-0.05, 0) is 54.4 Å². The summed E-state index contributed by atoms with van der Waals surface area (Å²) in [6.45, 7) is 2.04. The highest BCUT2D eigenvalue weighted by atomic mass is 32.2. The van der Waals surface area contributed by atoms with Crippen LogP contribution < -0.4 is 10.0 Å². The molecular weight excluding hydrogens is 437 g/mol. The van der Waals surface area contributed by atoms with E-state index >= 15 is 0 Å². The summed E-state index contributed by atoms with van der Waals surface area (Å²) in [6, 6.07) is 16.6. The SMILES string of the molecule is CCc1cccc2sc(NC(=O)c3ccccc3NS(=O)(=O)c3ccc(F)cc3)nc12. The standard InChI is InChI=1S/C22H18FN3O3S2/c1-2-14-6-5-9-19-20(14)24-22(30-19)25-21(27)17-7-3-4-8-18(17)26-31(28,29)16-12-10-15(23)11-13-16/h3-13,26H,2H2,1H3,(H,24,25,27). The topological polar surface area (TPSA) is 88.2 Å². The van der Waals surface area contributed by atoms with Crippen molar-refractivity contribution in [2.75, 3.05) is 10.0 Å². The van der Waals surface area contributed by atoms with Gasteiger partial charge in [0, 0.05) is 0 Å². The Bertz CT molecular complexity index is 1370. The maximum absolute atomic E-state index is 13.1. The minimum atomic E-state index is -4.00. The quantitative estimate of drug-likeness (QED) is 0.426. The molecule has 4 rings (SSSR count). The summed E-state index contributed by atoms with van der Waals surface area (Å²) in [5, 5.41) is 3.18. The number of benzene rings is 3. The van der Waals surface area contributed by atoms with Crippen molar-refractivity contribution in [3.05, 3.63) is 83.7 Å². The Balaban J connectivity index is 1.61. The van der Waals surface area contributed by atoms with Crippen LogP contribution in [0.1, 0.15) is 22.8 Å². The Morgan fingerprint density at radius 2 is 1.77 bits per heavy atom. The molecule has 2 N–H and O–H groups in total. The van der Waals surface area contributed by atoms with Crippen LogP contribution in [0, 0.1) is 5.82 Å². The van der Waals surface area contributed by atoms with Gasteiger partial charge in [-0.15, -0.1) is 0 Å². The maximum atomic E-state index is 13.1. The molecule has 4 aromatic rings. The van der Waals surface area contributed by atoms with Crippen LogP contribution in [0.4, 0.5) is 15.2 Å². The fraction of sp³-hybridized carbons (Fsp3) is 0.0909. The molecule has 0 fully saturated rings. The molecular formula is C22H18FN3O3S2. The normalized spacial score (nSPS) is 11.4. The monoisotopic (exact) mass is 455 g/mol. The zero-order valence-corrected chi connectivity index (χ0v) is 18.1. The predicted molar refractivity (Wildman–Crippen MR) is 121 cm³/mol. The van der Waals surface area contributed by atoms with Crippen LogP contribution in [0.5, 0.6) is 0 Å². The van der Waals surface area contributed by atoms with Crippen LogP contribution in [-0.4, -0.2) is 19.3 Å². The molecule has 158 valence electrons. The number of aryl methyl sites for hydroxylation is 1. The van der Waals surface area contributed by atoms with Gasteiger partial charge in [0.1, 0.15) is 5.82 Å². The number of nitrogens with zero attached hydrogens (tertiary/aromatic N) is 1. The summed E-state index contributed by atoms with van der Waals surface area (Å²) in [4.78, 5) is 17.3. The van der Waals surface area contributed by atoms with Crippen LogP contribution >= 0.6 is 11.3 Å². The van der Waals surface area contributed by atoms with Crippen LogP contribution in [0.3, 0.4) is 0 Å². The molecule has 0 spiro atoms. The van der Waals surface area contributed by atoms with Crippen LogP contribution in [-0.2, 0) is 16.4 Å². The van der Waals surface area contributed by atoms with Gasteiger partial charge < -0.3 is 0 Å². The first-order valence-electron chi connectivity index (χ1n) is 9.44. The second kappa shape index (κ2) is 8.44. The van der Waals surface area contributed by atoms with E-state index in [0.717, 1.165) is 46.5 Å². The Hall–Kier alpha value is -3.30. The number of halogens is 1. The Morgan fingerprint density at radius 1 is 1.03 bits per heavy atom. The molecule has 0 bridgehead atoms. The predicted octanol–water partition coefficient (Wildman–Crippen LogP) is 5.05. The van der Waals surface area contributed by atoms with E-state index in [1.54, 1.807) is 12.1 Å². The lowest BCUT2D eigenvalue weighted by Gasteiger charge is -2.12. The maximum Gasteiger partial charge on any atom is 0.261 e. The molecule has 0 unspecified atom stereocenters. The first-order valence-corrected chi connectivity index (χ1v) is 11.7. The summed E-state index contributed by atoms with van der Waals surface area (Å²) in [5.74, 6) is -1.03. The smallest absolute Gasteiger partial charge is 0.261 e. The van der Waals surface area contributed by atoms with Gasteiger partial charge in [0.15, 0.2) is 5.13 Å². The molecule has 0 atom stereocenters. The number of fused-ring (bicyclic) bond motifs is 1. The van der Waals surface area contributed by atoms with Crippen molar-refractivity contribution in [2.24, 2.45) is 0 Å². The van der Waals surface area contributed by atoms with Crippen molar-refractivity contribution in [1.29, 1.82) is 0 Å². The second-order valence-corrected chi connectivity index (χ2v) is 9.41. The van der Waals surface area contributed by atoms with Gasteiger partial charge in [-0.2, -0.15) is 0 Å². The van der Waals surface area contributed by atoms with E-state index in [4.69, 9.17) is 0 Å². The zero-order valence-electron chi connectivity index (χ0n) is 16.4. The van der Waals surface area contributed by atoms with Crippen molar-refractivity contribution in [2.45, 2.75) is 18.2 Å². The zero-order chi connectivity index (χ0) is 22.0. The molecule has 31 heavy (non-hydrogen) atoms. The number of hydrogen-bond acceptors (Lipinski definition) is 5.